The third kappa shape index (κ3) is 4.49. The quantitative estimate of drug-likeness (QED) is 0.798. The van der Waals surface area contributed by atoms with Crippen LogP contribution in [0.2, 0.25) is 0 Å². The molecule has 0 aromatic carbocycles. The van der Waals surface area contributed by atoms with Crippen molar-refractivity contribution in [2.24, 2.45) is 0 Å². The van der Waals surface area contributed by atoms with Gasteiger partial charge in [0.25, 0.3) is 0 Å². The zero-order chi connectivity index (χ0) is 17.4. The number of hydrogen-bond donors (Lipinski definition) is 1. The topological polar surface area (TPSA) is 41.6 Å². The second kappa shape index (κ2) is 6.45. The first kappa shape index (κ1) is 18.3. The van der Waals surface area contributed by atoms with Crippen molar-refractivity contribution in [2.75, 3.05) is 6.54 Å². The number of carbonyl (C=O) groups excluding carboxylic acids is 1. The first-order valence-corrected chi connectivity index (χ1v) is 7.90. The number of carbonyl (C=O) groups is 1. The molecule has 0 saturated carbocycles. The Morgan fingerprint density at radius 2 is 1.74 bits per heavy atom. The average molecular weight is 340 g/mol. The molecule has 8 heteroatoms. The van der Waals surface area contributed by atoms with Gasteiger partial charge in [0.05, 0.1) is 6.54 Å². The number of ether oxygens (including phenoxy) is 1. The molecule has 2 aliphatic rings. The summed E-state index contributed by atoms with van der Waals surface area (Å²) in [6, 6.07) is -0.446. The van der Waals surface area contributed by atoms with Crippen LogP contribution in [0, 0.1) is 0 Å². The smallest absolute Gasteiger partial charge is 0.410 e. The molecule has 2 aliphatic heterocycles. The second-order valence-electron chi connectivity index (χ2n) is 7.38. The molecule has 0 radical (unpaired) electrons. The summed E-state index contributed by atoms with van der Waals surface area (Å²) in [7, 11) is 0. The predicted molar refractivity (Wildman–Crippen MR) is 76.9 cm³/mol. The summed E-state index contributed by atoms with van der Waals surface area (Å²) in [6.45, 7) is 4.32. The fraction of sp³-hybridized carbons (Fsp3) is 0.933. The van der Waals surface area contributed by atoms with Crippen LogP contribution >= 0.6 is 0 Å². The van der Waals surface area contributed by atoms with Crippen LogP contribution in [0.15, 0.2) is 0 Å². The van der Waals surface area contributed by atoms with Gasteiger partial charge in [-0.1, -0.05) is 0 Å². The van der Waals surface area contributed by atoms with Gasteiger partial charge in [-0.3, -0.25) is 0 Å². The van der Waals surface area contributed by atoms with Crippen LogP contribution in [0.4, 0.5) is 22.4 Å². The van der Waals surface area contributed by atoms with E-state index in [-0.39, 0.29) is 24.2 Å². The first-order valence-electron chi connectivity index (χ1n) is 7.90. The Balaban J connectivity index is 1.91. The van der Waals surface area contributed by atoms with Crippen molar-refractivity contribution in [1.82, 2.24) is 10.2 Å². The third-order valence-electron chi connectivity index (χ3n) is 4.28. The molecule has 4 nitrogen and oxygen atoms in total. The van der Waals surface area contributed by atoms with Gasteiger partial charge in [-0.15, -0.1) is 0 Å². The van der Waals surface area contributed by atoms with Crippen LogP contribution in [0.5, 0.6) is 0 Å². The summed E-state index contributed by atoms with van der Waals surface area (Å²) in [5.74, 6) is -4.03. The molecule has 0 aromatic heterocycles. The molecular weight excluding hydrogens is 316 g/mol. The molecule has 2 atom stereocenters. The van der Waals surface area contributed by atoms with E-state index in [2.05, 4.69) is 5.32 Å². The monoisotopic (exact) mass is 340 g/mol. The summed E-state index contributed by atoms with van der Waals surface area (Å²) in [5, 5.41) is 2.54. The number of fused-ring (bicyclic) bond motifs is 2. The Morgan fingerprint density at radius 3 is 2.17 bits per heavy atom. The lowest BCUT2D eigenvalue weighted by molar-refractivity contribution is -0.127. The van der Waals surface area contributed by atoms with E-state index in [9.17, 15) is 22.4 Å². The van der Waals surface area contributed by atoms with E-state index in [1.807, 2.05) is 0 Å². The lowest BCUT2D eigenvalue weighted by Crippen LogP contribution is -2.54. The number of rotatable bonds is 4. The highest BCUT2D eigenvalue weighted by Crippen LogP contribution is 2.37. The van der Waals surface area contributed by atoms with Crippen LogP contribution in [0.3, 0.4) is 0 Å². The molecule has 0 aromatic rings. The molecule has 2 saturated heterocycles. The number of nitrogens with one attached hydrogen (secondary N) is 1. The Bertz CT molecular complexity index is 426. The van der Waals surface area contributed by atoms with Gasteiger partial charge < -0.3 is 15.0 Å². The van der Waals surface area contributed by atoms with Crippen LogP contribution in [-0.2, 0) is 4.74 Å². The summed E-state index contributed by atoms with van der Waals surface area (Å²) >= 11 is 0. The van der Waals surface area contributed by atoms with Gasteiger partial charge in [0.1, 0.15) is 5.60 Å². The van der Waals surface area contributed by atoms with E-state index in [4.69, 9.17) is 4.74 Å². The number of amides is 1. The normalized spacial score (nSPS) is 28.3. The molecular formula is C15H24F4N2O2. The van der Waals surface area contributed by atoms with Crippen molar-refractivity contribution in [3.05, 3.63) is 0 Å². The van der Waals surface area contributed by atoms with Crippen molar-refractivity contribution in [3.8, 4) is 0 Å². The van der Waals surface area contributed by atoms with Crippen LogP contribution < -0.4 is 5.32 Å². The first-order chi connectivity index (χ1) is 10.5. The van der Waals surface area contributed by atoms with Gasteiger partial charge in [-0.25, -0.2) is 13.6 Å². The molecule has 134 valence electrons. The van der Waals surface area contributed by atoms with E-state index < -0.39 is 24.5 Å². The Kier molecular flexibility index (Phi) is 5.13. The lowest BCUT2D eigenvalue weighted by Gasteiger charge is -2.40. The lowest BCUT2D eigenvalue weighted by atomic mass is 9.97. The summed E-state index contributed by atoms with van der Waals surface area (Å²) < 4.78 is 55.8. The highest BCUT2D eigenvalue weighted by Gasteiger charge is 2.46. The molecule has 2 bridgehead atoms. The molecule has 0 aliphatic carbocycles. The van der Waals surface area contributed by atoms with E-state index in [1.165, 1.54) is 0 Å². The summed E-state index contributed by atoms with van der Waals surface area (Å²) in [5.41, 5.74) is -0.592. The Morgan fingerprint density at radius 1 is 1.22 bits per heavy atom. The maximum absolute atomic E-state index is 13.0. The average Bonchev–Trinajstić information content (AvgIpc) is 2.66. The van der Waals surface area contributed by atoms with E-state index >= 15 is 0 Å². The van der Waals surface area contributed by atoms with E-state index in [1.54, 1.807) is 25.7 Å². The number of alkyl halides is 4. The van der Waals surface area contributed by atoms with Gasteiger partial charge in [-0.05, 0) is 46.5 Å². The van der Waals surface area contributed by atoms with Gasteiger partial charge in [0.15, 0.2) is 0 Å². The largest absolute Gasteiger partial charge is 0.444 e. The fourth-order valence-electron chi connectivity index (χ4n) is 3.31. The van der Waals surface area contributed by atoms with Gasteiger partial charge >= 0.3 is 18.4 Å². The molecule has 2 rings (SSSR count). The number of hydrogen-bond acceptors (Lipinski definition) is 3. The van der Waals surface area contributed by atoms with Crippen molar-refractivity contribution < 1.29 is 27.1 Å². The standard InChI is InChI=1S/C15H24F4N2O2/c1-14(2,3)23-13(22)21-10-4-5-11(21)7-9(6-10)20-8-15(18,19)12(16)17/h9-12,20H,4-8H2,1-3H3. The minimum absolute atomic E-state index is 0.0822. The van der Waals surface area contributed by atoms with Gasteiger partial charge in [-0.2, -0.15) is 8.78 Å². The maximum atomic E-state index is 13.0. The molecule has 0 spiro atoms. The Labute approximate surface area is 133 Å². The van der Waals surface area contributed by atoms with Gasteiger partial charge in [0.2, 0.25) is 0 Å². The van der Waals surface area contributed by atoms with Crippen molar-refractivity contribution in [2.45, 2.75) is 82.5 Å². The minimum atomic E-state index is -4.03. The zero-order valence-corrected chi connectivity index (χ0v) is 13.6. The predicted octanol–water partition coefficient (Wildman–Crippen LogP) is 3.41. The fourth-order valence-corrected chi connectivity index (χ4v) is 3.31. The Hall–Kier alpha value is -1.05. The molecule has 1 N–H and O–H groups in total. The van der Waals surface area contributed by atoms with Crippen LogP contribution in [-0.4, -0.2) is 53.6 Å². The highest BCUT2D eigenvalue weighted by atomic mass is 19.3. The van der Waals surface area contributed by atoms with Crippen molar-refractivity contribution in [1.29, 1.82) is 0 Å². The SMILES string of the molecule is CC(C)(C)OC(=O)N1C2CCC1CC(NCC(F)(F)C(F)F)C2. The van der Waals surface area contributed by atoms with Crippen molar-refractivity contribution >= 4 is 6.09 Å². The van der Waals surface area contributed by atoms with Crippen LogP contribution in [0.1, 0.15) is 46.5 Å². The third-order valence-corrected chi connectivity index (χ3v) is 4.28. The number of halogens is 4. The second-order valence-corrected chi connectivity index (χ2v) is 7.38. The highest BCUT2D eigenvalue weighted by molar-refractivity contribution is 5.69. The molecule has 23 heavy (non-hydrogen) atoms. The molecule has 2 heterocycles. The molecule has 1 amide bonds. The molecule has 2 unspecified atom stereocenters. The van der Waals surface area contributed by atoms with E-state index in [0.717, 1.165) is 12.8 Å². The number of piperidine rings is 1. The minimum Gasteiger partial charge on any atom is -0.444 e. The summed E-state index contributed by atoms with van der Waals surface area (Å²) in [4.78, 5) is 13.9. The maximum Gasteiger partial charge on any atom is 0.410 e. The molecule has 2 fully saturated rings. The van der Waals surface area contributed by atoms with Crippen LogP contribution in [0.25, 0.3) is 0 Å². The van der Waals surface area contributed by atoms with Gasteiger partial charge in [0, 0.05) is 18.1 Å². The number of nitrogens with zero attached hydrogens (tertiary/aromatic N) is 1. The zero-order valence-electron chi connectivity index (χ0n) is 13.6. The summed E-state index contributed by atoms with van der Waals surface area (Å²) in [6.07, 6.45) is -1.53. The van der Waals surface area contributed by atoms with E-state index in [0.29, 0.717) is 12.8 Å². The van der Waals surface area contributed by atoms with Crippen molar-refractivity contribution in [3.63, 3.8) is 0 Å².